The van der Waals surface area contributed by atoms with Gasteiger partial charge in [0.15, 0.2) is 5.69 Å². The molecule has 0 aromatic carbocycles. The number of carbonyl (C=O) groups excluding carboxylic acids is 2. The second-order valence-corrected chi connectivity index (χ2v) is 7.47. The standard InChI is InChI=1S/C19H29N3O4/c1-6-25-17(23)15-8-7-13(2)16(21-15)22-11-9-14(10-12-22)20-18(24)26-19(3,4)5/h7-8,14H,6,9-12H2,1-5H3,(H,20,24). The lowest BCUT2D eigenvalue weighted by atomic mass is 10.0. The van der Waals surface area contributed by atoms with E-state index >= 15 is 0 Å². The summed E-state index contributed by atoms with van der Waals surface area (Å²) < 4.78 is 10.3. The quantitative estimate of drug-likeness (QED) is 0.828. The van der Waals surface area contributed by atoms with Gasteiger partial charge in [-0.15, -0.1) is 0 Å². The summed E-state index contributed by atoms with van der Waals surface area (Å²) in [5, 5.41) is 2.93. The van der Waals surface area contributed by atoms with Crippen molar-refractivity contribution in [1.29, 1.82) is 0 Å². The van der Waals surface area contributed by atoms with Crippen molar-refractivity contribution in [3.05, 3.63) is 23.4 Å². The fraction of sp³-hybridized carbons (Fsp3) is 0.632. The summed E-state index contributed by atoms with van der Waals surface area (Å²) in [6.07, 6.45) is 1.21. The van der Waals surface area contributed by atoms with Crippen LogP contribution in [-0.4, -0.2) is 48.4 Å². The number of esters is 1. The molecule has 1 aromatic heterocycles. The maximum atomic E-state index is 11.9. The van der Waals surface area contributed by atoms with Crippen molar-refractivity contribution in [3.8, 4) is 0 Å². The van der Waals surface area contributed by atoms with Gasteiger partial charge in [-0.2, -0.15) is 0 Å². The highest BCUT2D eigenvalue weighted by atomic mass is 16.6. The number of piperidine rings is 1. The Labute approximate surface area is 155 Å². The number of nitrogens with one attached hydrogen (secondary N) is 1. The van der Waals surface area contributed by atoms with Crippen LogP contribution in [0.2, 0.25) is 0 Å². The molecule has 0 spiro atoms. The van der Waals surface area contributed by atoms with Gasteiger partial charge >= 0.3 is 12.1 Å². The number of alkyl carbamates (subject to hydrolysis) is 1. The molecule has 1 N–H and O–H groups in total. The monoisotopic (exact) mass is 363 g/mol. The topological polar surface area (TPSA) is 80.8 Å². The van der Waals surface area contributed by atoms with Crippen LogP contribution in [-0.2, 0) is 9.47 Å². The Kier molecular flexibility index (Phi) is 6.45. The predicted molar refractivity (Wildman–Crippen MR) is 99.5 cm³/mol. The largest absolute Gasteiger partial charge is 0.461 e. The van der Waals surface area contributed by atoms with Crippen LogP contribution < -0.4 is 10.2 Å². The Morgan fingerprint density at radius 1 is 1.27 bits per heavy atom. The average molecular weight is 363 g/mol. The van der Waals surface area contributed by atoms with Crippen molar-refractivity contribution in [2.45, 2.75) is 59.1 Å². The minimum Gasteiger partial charge on any atom is -0.461 e. The number of anilines is 1. The smallest absolute Gasteiger partial charge is 0.407 e. The second-order valence-electron chi connectivity index (χ2n) is 7.47. The number of pyridine rings is 1. The normalized spacial score (nSPS) is 15.5. The van der Waals surface area contributed by atoms with Gasteiger partial charge < -0.3 is 19.7 Å². The zero-order valence-corrected chi connectivity index (χ0v) is 16.3. The van der Waals surface area contributed by atoms with Crippen LogP contribution in [0.1, 0.15) is 56.6 Å². The Balaban J connectivity index is 1.96. The lowest BCUT2D eigenvalue weighted by molar-refractivity contribution is 0.0492. The van der Waals surface area contributed by atoms with Crippen molar-refractivity contribution in [2.24, 2.45) is 0 Å². The zero-order chi connectivity index (χ0) is 19.3. The van der Waals surface area contributed by atoms with Crippen LogP contribution in [0.15, 0.2) is 12.1 Å². The van der Waals surface area contributed by atoms with E-state index in [-0.39, 0.29) is 12.1 Å². The van der Waals surface area contributed by atoms with Crippen molar-refractivity contribution >= 4 is 17.9 Å². The van der Waals surface area contributed by atoms with E-state index in [1.54, 1.807) is 13.0 Å². The third kappa shape index (κ3) is 5.61. The molecule has 1 aliphatic heterocycles. The molecule has 2 heterocycles. The third-order valence-electron chi connectivity index (χ3n) is 4.07. The number of nitrogens with zero attached hydrogens (tertiary/aromatic N) is 2. The third-order valence-corrected chi connectivity index (χ3v) is 4.07. The van der Waals surface area contributed by atoms with Crippen LogP contribution in [0.4, 0.5) is 10.6 Å². The van der Waals surface area contributed by atoms with Crippen LogP contribution in [0, 0.1) is 6.92 Å². The van der Waals surface area contributed by atoms with E-state index in [0.717, 1.165) is 37.3 Å². The van der Waals surface area contributed by atoms with Gasteiger partial charge in [-0.3, -0.25) is 0 Å². The molecular formula is C19H29N3O4. The molecular weight excluding hydrogens is 334 g/mol. The van der Waals surface area contributed by atoms with Crippen molar-refractivity contribution in [1.82, 2.24) is 10.3 Å². The van der Waals surface area contributed by atoms with E-state index in [4.69, 9.17) is 9.47 Å². The molecule has 1 aromatic rings. The number of ether oxygens (including phenoxy) is 2. The molecule has 1 saturated heterocycles. The van der Waals surface area contributed by atoms with Gasteiger partial charge in [0.25, 0.3) is 0 Å². The summed E-state index contributed by atoms with van der Waals surface area (Å²) in [4.78, 5) is 30.4. The number of aromatic nitrogens is 1. The SMILES string of the molecule is CCOC(=O)c1ccc(C)c(N2CCC(NC(=O)OC(C)(C)C)CC2)n1. The molecule has 0 aliphatic carbocycles. The lowest BCUT2D eigenvalue weighted by Crippen LogP contribution is -2.46. The van der Waals surface area contributed by atoms with E-state index in [2.05, 4.69) is 15.2 Å². The molecule has 26 heavy (non-hydrogen) atoms. The van der Waals surface area contributed by atoms with Gasteiger partial charge in [0.05, 0.1) is 6.61 Å². The van der Waals surface area contributed by atoms with E-state index < -0.39 is 11.6 Å². The number of aryl methyl sites for hydroxylation is 1. The summed E-state index contributed by atoms with van der Waals surface area (Å²) in [5.74, 6) is 0.390. The number of rotatable bonds is 4. The van der Waals surface area contributed by atoms with Crippen LogP contribution in [0.3, 0.4) is 0 Å². The molecule has 2 rings (SSSR count). The first-order valence-electron chi connectivity index (χ1n) is 9.09. The molecule has 1 aliphatic rings. The highest BCUT2D eigenvalue weighted by Crippen LogP contribution is 2.23. The molecule has 0 saturated carbocycles. The minimum absolute atomic E-state index is 0.0784. The highest BCUT2D eigenvalue weighted by Gasteiger charge is 2.25. The maximum absolute atomic E-state index is 11.9. The summed E-state index contributed by atoms with van der Waals surface area (Å²) in [6.45, 7) is 11.1. The summed E-state index contributed by atoms with van der Waals surface area (Å²) >= 11 is 0. The van der Waals surface area contributed by atoms with Gasteiger partial charge in [-0.25, -0.2) is 14.6 Å². The molecule has 7 heteroatoms. The number of carbonyl (C=O) groups is 2. The summed E-state index contributed by atoms with van der Waals surface area (Å²) in [6, 6.07) is 3.66. The van der Waals surface area contributed by atoms with Gasteiger partial charge in [0.2, 0.25) is 0 Å². The van der Waals surface area contributed by atoms with E-state index in [9.17, 15) is 9.59 Å². The van der Waals surface area contributed by atoms with E-state index in [1.165, 1.54) is 0 Å². The first kappa shape index (κ1) is 20.0. The summed E-state index contributed by atoms with van der Waals surface area (Å²) in [5.41, 5.74) is 0.831. The lowest BCUT2D eigenvalue weighted by Gasteiger charge is -2.34. The van der Waals surface area contributed by atoms with Crippen molar-refractivity contribution < 1.29 is 19.1 Å². The molecule has 0 bridgehead atoms. The molecule has 1 amide bonds. The van der Waals surface area contributed by atoms with Gasteiger partial charge in [0.1, 0.15) is 11.4 Å². The Hall–Kier alpha value is -2.31. The summed E-state index contributed by atoms with van der Waals surface area (Å²) in [7, 11) is 0. The van der Waals surface area contributed by atoms with Gasteiger partial charge in [0, 0.05) is 19.1 Å². The van der Waals surface area contributed by atoms with Crippen molar-refractivity contribution in [3.63, 3.8) is 0 Å². The maximum Gasteiger partial charge on any atom is 0.407 e. The van der Waals surface area contributed by atoms with Gasteiger partial charge in [-0.1, -0.05) is 6.07 Å². The average Bonchev–Trinajstić information content (AvgIpc) is 2.54. The Morgan fingerprint density at radius 3 is 2.50 bits per heavy atom. The van der Waals surface area contributed by atoms with Gasteiger partial charge in [-0.05, 0) is 59.1 Å². The van der Waals surface area contributed by atoms with Crippen LogP contribution >= 0.6 is 0 Å². The minimum atomic E-state index is -0.501. The molecule has 0 atom stereocenters. The fourth-order valence-corrected chi connectivity index (χ4v) is 2.87. The predicted octanol–water partition coefficient (Wildman–Crippen LogP) is 3.06. The van der Waals surface area contributed by atoms with Crippen LogP contribution in [0.25, 0.3) is 0 Å². The van der Waals surface area contributed by atoms with E-state index in [1.807, 2.05) is 33.8 Å². The van der Waals surface area contributed by atoms with E-state index in [0.29, 0.717) is 12.3 Å². The highest BCUT2D eigenvalue weighted by molar-refractivity contribution is 5.87. The number of hydrogen-bond acceptors (Lipinski definition) is 6. The first-order valence-corrected chi connectivity index (χ1v) is 9.09. The number of amides is 1. The Morgan fingerprint density at radius 2 is 1.92 bits per heavy atom. The molecule has 144 valence electrons. The fourth-order valence-electron chi connectivity index (χ4n) is 2.87. The molecule has 0 radical (unpaired) electrons. The molecule has 0 unspecified atom stereocenters. The first-order chi connectivity index (χ1) is 12.2. The number of hydrogen-bond donors (Lipinski definition) is 1. The zero-order valence-electron chi connectivity index (χ0n) is 16.3. The second kappa shape index (κ2) is 8.38. The Bertz CT molecular complexity index is 647. The van der Waals surface area contributed by atoms with Crippen LogP contribution in [0.5, 0.6) is 0 Å². The molecule has 1 fully saturated rings. The van der Waals surface area contributed by atoms with Crippen molar-refractivity contribution in [2.75, 3.05) is 24.6 Å². The molecule has 7 nitrogen and oxygen atoms in total.